The van der Waals surface area contributed by atoms with Gasteiger partial charge in [-0.05, 0) is 37.8 Å². The largest absolute Gasteiger partial charge is 0.493 e. The maximum absolute atomic E-state index is 6.28. The number of ether oxygens (including phenoxy) is 1. The predicted octanol–water partition coefficient (Wildman–Crippen LogP) is 3.04. The Labute approximate surface area is 97.8 Å². The van der Waals surface area contributed by atoms with E-state index in [-0.39, 0.29) is 5.54 Å². The highest BCUT2D eigenvalue weighted by atomic mass is 16.5. The fourth-order valence-corrected chi connectivity index (χ4v) is 2.41. The first-order chi connectivity index (χ1) is 7.70. The van der Waals surface area contributed by atoms with Crippen molar-refractivity contribution >= 4 is 0 Å². The van der Waals surface area contributed by atoms with Crippen molar-refractivity contribution in [2.75, 3.05) is 6.61 Å². The molecule has 1 fully saturated rings. The number of rotatable bonds is 4. The summed E-state index contributed by atoms with van der Waals surface area (Å²) in [5.74, 6) is 0.990. The molecule has 0 spiro atoms. The van der Waals surface area contributed by atoms with Gasteiger partial charge in [-0.25, -0.2) is 0 Å². The van der Waals surface area contributed by atoms with Gasteiger partial charge in [0.05, 0.1) is 6.61 Å². The van der Waals surface area contributed by atoms with Gasteiger partial charge in [-0.3, -0.25) is 0 Å². The average Bonchev–Trinajstić information content (AvgIpc) is 2.68. The summed E-state index contributed by atoms with van der Waals surface area (Å²) in [4.78, 5) is 0. The number of hydrogen-bond acceptors (Lipinski definition) is 2. The van der Waals surface area contributed by atoms with E-state index >= 15 is 0 Å². The topological polar surface area (TPSA) is 35.2 Å². The van der Waals surface area contributed by atoms with Crippen LogP contribution >= 0.6 is 0 Å². The second kappa shape index (κ2) is 4.88. The van der Waals surface area contributed by atoms with Crippen LogP contribution in [0.15, 0.2) is 24.3 Å². The fourth-order valence-electron chi connectivity index (χ4n) is 2.41. The van der Waals surface area contributed by atoms with Crippen LogP contribution in [0.3, 0.4) is 0 Å². The lowest BCUT2D eigenvalue weighted by atomic mass is 9.95. The molecule has 0 aromatic heterocycles. The lowest BCUT2D eigenvalue weighted by Gasteiger charge is -2.23. The van der Waals surface area contributed by atoms with Crippen LogP contribution in [0.1, 0.15) is 37.7 Å². The molecule has 2 heteroatoms. The maximum atomic E-state index is 6.28. The lowest BCUT2D eigenvalue weighted by molar-refractivity contribution is 0.257. The first-order valence-electron chi connectivity index (χ1n) is 6.17. The molecule has 0 heterocycles. The third-order valence-electron chi connectivity index (χ3n) is 3.55. The van der Waals surface area contributed by atoms with Gasteiger partial charge in [0, 0.05) is 5.54 Å². The second-order valence-corrected chi connectivity index (χ2v) is 4.93. The molecule has 1 saturated carbocycles. The van der Waals surface area contributed by atoms with E-state index in [1.54, 1.807) is 0 Å². The summed E-state index contributed by atoms with van der Waals surface area (Å²) in [6.07, 6.45) is 5.84. The zero-order valence-electron chi connectivity index (χ0n) is 10.0. The first kappa shape index (κ1) is 11.5. The Morgan fingerprint density at radius 1 is 1.25 bits per heavy atom. The van der Waals surface area contributed by atoms with Crippen molar-refractivity contribution in [2.45, 2.75) is 44.6 Å². The Hall–Kier alpha value is -1.02. The van der Waals surface area contributed by atoms with E-state index in [1.165, 1.54) is 18.4 Å². The first-order valence-corrected chi connectivity index (χ1v) is 6.17. The van der Waals surface area contributed by atoms with Gasteiger partial charge in [-0.15, -0.1) is 0 Å². The van der Waals surface area contributed by atoms with E-state index in [2.05, 4.69) is 13.0 Å². The van der Waals surface area contributed by atoms with Crippen molar-refractivity contribution in [3.8, 4) is 5.75 Å². The maximum Gasteiger partial charge on any atom is 0.122 e. The van der Waals surface area contributed by atoms with Crippen LogP contribution in [0.4, 0.5) is 0 Å². The number of hydrogen-bond donors (Lipinski definition) is 1. The molecule has 0 radical (unpaired) electrons. The molecule has 0 unspecified atom stereocenters. The third-order valence-corrected chi connectivity index (χ3v) is 3.55. The lowest BCUT2D eigenvalue weighted by Crippen LogP contribution is -2.37. The summed E-state index contributed by atoms with van der Waals surface area (Å²) in [7, 11) is 0. The van der Waals surface area contributed by atoms with E-state index in [4.69, 9.17) is 10.5 Å². The van der Waals surface area contributed by atoms with Gasteiger partial charge in [0.25, 0.3) is 0 Å². The van der Waals surface area contributed by atoms with Gasteiger partial charge < -0.3 is 10.5 Å². The van der Waals surface area contributed by atoms with Crippen molar-refractivity contribution in [3.63, 3.8) is 0 Å². The van der Waals surface area contributed by atoms with E-state index in [9.17, 15) is 0 Å². The Kier molecular flexibility index (Phi) is 3.49. The van der Waals surface area contributed by atoms with Crippen molar-refractivity contribution < 1.29 is 4.74 Å². The summed E-state index contributed by atoms with van der Waals surface area (Å²) in [5, 5.41) is 0. The fraction of sp³-hybridized carbons (Fsp3) is 0.571. The molecule has 0 atom stereocenters. The van der Waals surface area contributed by atoms with E-state index in [1.807, 2.05) is 18.2 Å². The molecule has 2 N–H and O–H groups in total. The van der Waals surface area contributed by atoms with Crippen molar-refractivity contribution in [1.29, 1.82) is 0 Å². The van der Waals surface area contributed by atoms with Crippen LogP contribution in [0.5, 0.6) is 5.75 Å². The Balaban J connectivity index is 1.82. The van der Waals surface area contributed by atoms with Gasteiger partial charge in [0.15, 0.2) is 0 Å². The minimum atomic E-state index is 0.0443. The molecular weight excluding hydrogens is 198 g/mol. The van der Waals surface area contributed by atoms with Crippen LogP contribution in [-0.2, 0) is 0 Å². The number of nitrogens with two attached hydrogens (primary N) is 1. The standard InChI is InChI=1S/C14H21NO/c1-12-6-2-3-7-13(12)16-11-10-14(15)8-4-5-9-14/h2-3,6-7H,4-5,8-11,15H2,1H3. The summed E-state index contributed by atoms with van der Waals surface area (Å²) in [6.45, 7) is 2.81. The molecule has 0 amide bonds. The molecule has 16 heavy (non-hydrogen) atoms. The minimum Gasteiger partial charge on any atom is -0.493 e. The van der Waals surface area contributed by atoms with Crippen LogP contribution < -0.4 is 10.5 Å². The Morgan fingerprint density at radius 3 is 2.62 bits per heavy atom. The molecule has 0 saturated heterocycles. The number of aryl methyl sites for hydroxylation is 1. The van der Waals surface area contributed by atoms with E-state index in [0.717, 1.165) is 31.6 Å². The van der Waals surface area contributed by atoms with Gasteiger partial charge >= 0.3 is 0 Å². The zero-order valence-corrected chi connectivity index (χ0v) is 10.0. The van der Waals surface area contributed by atoms with Gasteiger partial charge in [-0.1, -0.05) is 31.0 Å². The Bertz CT molecular complexity index is 342. The van der Waals surface area contributed by atoms with Gasteiger partial charge in [0.1, 0.15) is 5.75 Å². The molecule has 88 valence electrons. The highest BCUT2D eigenvalue weighted by Gasteiger charge is 2.28. The minimum absolute atomic E-state index is 0.0443. The summed E-state index contributed by atoms with van der Waals surface area (Å²) in [6, 6.07) is 8.13. The molecule has 1 aromatic rings. The average molecular weight is 219 g/mol. The zero-order chi connectivity index (χ0) is 11.4. The van der Waals surface area contributed by atoms with Crippen LogP contribution in [0.25, 0.3) is 0 Å². The Morgan fingerprint density at radius 2 is 1.94 bits per heavy atom. The van der Waals surface area contributed by atoms with Crippen molar-refractivity contribution in [1.82, 2.24) is 0 Å². The summed E-state index contributed by atoms with van der Waals surface area (Å²) >= 11 is 0. The van der Waals surface area contributed by atoms with Crippen molar-refractivity contribution in [2.24, 2.45) is 5.73 Å². The van der Waals surface area contributed by atoms with Crippen LogP contribution in [-0.4, -0.2) is 12.1 Å². The number of para-hydroxylation sites is 1. The molecule has 2 nitrogen and oxygen atoms in total. The van der Waals surface area contributed by atoms with E-state index < -0.39 is 0 Å². The second-order valence-electron chi connectivity index (χ2n) is 4.93. The van der Waals surface area contributed by atoms with Crippen LogP contribution in [0.2, 0.25) is 0 Å². The third kappa shape index (κ3) is 2.76. The molecule has 1 aliphatic carbocycles. The predicted molar refractivity (Wildman–Crippen MR) is 66.7 cm³/mol. The molecule has 2 rings (SSSR count). The monoisotopic (exact) mass is 219 g/mol. The van der Waals surface area contributed by atoms with Crippen molar-refractivity contribution in [3.05, 3.63) is 29.8 Å². The molecule has 1 aromatic carbocycles. The highest BCUT2D eigenvalue weighted by molar-refractivity contribution is 5.31. The number of benzene rings is 1. The van der Waals surface area contributed by atoms with Crippen LogP contribution in [0, 0.1) is 6.92 Å². The normalized spacial score (nSPS) is 18.6. The highest BCUT2D eigenvalue weighted by Crippen LogP contribution is 2.30. The molecule has 1 aliphatic rings. The summed E-state index contributed by atoms with van der Waals surface area (Å²) in [5.41, 5.74) is 7.52. The van der Waals surface area contributed by atoms with Gasteiger partial charge in [0.2, 0.25) is 0 Å². The smallest absolute Gasteiger partial charge is 0.122 e. The summed E-state index contributed by atoms with van der Waals surface area (Å²) < 4.78 is 5.78. The molecule has 0 aliphatic heterocycles. The molecular formula is C14H21NO. The van der Waals surface area contributed by atoms with Gasteiger partial charge in [-0.2, -0.15) is 0 Å². The quantitative estimate of drug-likeness (QED) is 0.844. The molecule has 0 bridgehead atoms. The van der Waals surface area contributed by atoms with E-state index in [0.29, 0.717) is 0 Å². The SMILES string of the molecule is Cc1ccccc1OCCC1(N)CCCC1.